The van der Waals surface area contributed by atoms with Gasteiger partial charge in [0.15, 0.2) is 17.5 Å². The molecule has 1 aliphatic carbocycles. The van der Waals surface area contributed by atoms with Crippen molar-refractivity contribution in [2.75, 3.05) is 16.0 Å². The predicted molar refractivity (Wildman–Crippen MR) is 106 cm³/mol. The van der Waals surface area contributed by atoms with E-state index in [1.165, 1.54) is 5.32 Å². The topological polar surface area (TPSA) is 87.3 Å². The average Bonchev–Trinajstić information content (AvgIpc) is 3.37. The molecule has 3 N–H and O–H groups in total. The minimum atomic E-state index is -3.51. The Morgan fingerprint density at radius 2 is 1.58 bits per heavy atom. The molecule has 3 amide bonds. The summed E-state index contributed by atoms with van der Waals surface area (Å²) in [5.74, 6) is -11.4. The Kier molecular flexibility index (Phi) is 6.80. The zero-order chi connectivity index (χ0) is 24.7. The molecule has 0 bridgehead atoms. The fraction of sp³-hybridized carbons (Fsp3) is 0.211. The van der Waals surface area contributed by atoms with Crippen LogP contribution in [0.2, 0.25) is 0 Å². The molecule has 1 fully saturated rings. The van der Waals surface area contributed by atoms with Crippen LogP contribution in [0.1, 0.15) is 16.8 Å². The molecule has 0 spiro atoms. The lowest BCUT2D eigenvalue weighted by Crippen LogP contribution is -2.22. The first-order valence-corrected chi connectivity index (χ1v) is 9.63. The largest absolute Gasteiger partial charge is 0.326 e. The van der Waals surface area contributed by atoms with E-state index >= 15 is 0 Å². The Hall–Kier alpha value is -2.99. The third-order valence-corrected chi connectivity index (χ3v) is 5.30. The van der Waals surface area contributed by atoms with Gasteiger partial charge in [0.25, 0.3) is 11.8 Å². The maximum absolute atomic E-state index is 14.5. The molecule has 0 aromatic heterocycles. The van der Waals surface area contributed by atoms with E-state index in [2.05, 4.69) is 5.32 Å². The summed E-state index contributed by atoms with van der Waals surface area (Å²) in [4.78, 5) is 35.5. The summed E-state index contributed by atoms with van der Waals surface area (Å²) in [6, 6.07) is 2.39. The molecule has 0 heterocycles. The van der Waals surface area contributed by atoms with E-state index in [4.69, 9.17) is 23.2 Å². The highest BCUT2D eigenvalue weighted by Gasteiger charge is 2.56. The summed E-state index contributed by atoms with van der Waals surface area (Å²) in [5.41, 5.74) is -3.56. The number of hydrogen-bond acceptors (Lipinski definition) is 3. The first-order valence-electron chi connectivity index (χ1n) is 8.88. The molecule has 6 nitrogen and oxygen atoms in total. The minimum absolute atomic E-state index is 0.107. The smallest absolute Gasteiger partial charge is 0.315 e. The second kappa shape index (κ2) is 9.10. The van der Waals surface area contributed by atoms with E-state index in [0.29, 0.717) is 24.3 Å². The molecule has 1 aliphatic rings. The van der Waals surface area contributed by atoms with Gasteiger partial charge in [0.1, 0.15) is 15.8 Å². The highest BCUT2D eigenvalue weighted by atomic mass is 35.5. The zero-order valence-corrected chi connectivity index (χ0v) is 17.4. The lowest BCUT2D eigenvalue weighted by atomic mass is 10.1. The molecule has 1 saturated carbocycles. The van der Waals surface area contributed by atoms with Gasteiger partial charge in [-0.15, -0.1) is 23.2 Å². The van der Waals surface area contributed by atoms with Gasteiger partial charge in [0, 0.05) is 11.8 Å². The Morgan fingerprint density at radius 1 is 0.939 bits per heavy atom. The second-order valence-corrected chi connectivity index (χ2v) is 8.40. The highest BCUT2D eigenvalue weighted by molar-refractivity contribution is 6.52. The molecular formula is C19H11Cl2F6N3O3. The summed E-state index contributed by atoms with van der Waals surface area (Å²) in [6.45, 7) is 0. The van der Waals surface area contributed by atoms with Crippen LogP contribution in [0.4, 0.5) is 43.4 Å². The molecule has 0 saturated heterocycles. The maximum atomic E-state index is 14.5. The maximum Gasteiger partial charge on any atom is 0.315 e. The van der Waals surface area contributed by atoms with Gasteiger partial charge in [0.05, 0.1) is 17.2 Å². The number of rotatable bonds is 6. The van der Waals surface area contributed by atoms with E-state index in [0.717, 1.165) is 0 Å². The van der Waals surface area contributed by atoms with Crippen molar-refractivity contribution in [3.8, 4) is 0 Å². The first kappa shape index (κ1) is 24.6. The van der Waals surface area contributed by atoms with Crippen molar-refractivity contribution in [3.05, 3.63) is 53.1 Å². The Balaban J connectivity index is 1.86. The van der Waals surface area contributed by atoms with Crippen LogP contribution >= 0.6 is 23.2 Å². The number of alkyl halides is 4. The van der Waals surface area contributed by atoms with Gasteiger partial charge < -0.3 is 16.0 Å². The molecule has 0 radical (unpaired) electrons. The van der Waals surface area contributed by atoms with Gasteiger partial charge in [0.2, 0.25) is 5.91 Å². The van der Waals surface area contributed by atoms with Crippen molar-refractivity contribution in [1.29, 1.82) is 0 Å². The van der Waals surface area contributed by atoms with Crippen LogP contribution in [0.5, 0.6) is 0 Å². The standard InChI is InChI=1S/C19H11Cl2F6N3O3/c20-19(21)5-8(19)17(32)28-6-3-7(12(24)10(23)4-6)16(31)30-14-9(22)1-2-11(13(14)25)29-18(33)15(26)27/h1-4,8,15H,5H2,(H,28,32)(H,29,33)(H,30,31). The fourth-order valence-corrected chi connectivity index (χ4v) is 3.19. The highest BCUT2D eigenvalue weighted by Crippen LogP contribution is 2.53. The van der Waals surface area contributed by atoms with Crippen molar-refractivity contribution in [1.82, 2.24) is 0 Å². The summed E-state index contributed by atoms with van der Waals surface area (Å²) < 4.78 is 80.1. The lowest BCUT2D eigenvalue weighted by Gasteiger charge is -2.13. The molecule has 1 unspecified atom stereocenters. The van der Waals surface area contributed by atoms with Crippen molar-refractivity contribution >= 4 is 58.0 Å². The van der Waals surface area contributed by atoms with Gasteiger partial charge in [-0.05, 0) is 24.6 Å². The number of halogens is 8. The molecule has 1 atom stereocenters. The minimum Gasteiger partial charge on any atom is -0.326 e. The Morgan fingerprint density at radius 3 is 2.15 bits per heavy atom. The first-order chi connectivity index (χ1) is 15.3. The molecule has 3 rings (SSSR count). The quantitative estimate of drug-likeness (QED) is 0.382. The van der Waals surface area contributed by atoms with E-state index in [-0.39, 0.29) is 12.1 Å². The predicted octanol–water partition coefficient (Wildman–Crippen LogP) is 4.83. The van der Waals surface area contributed by atoms with Crippen molar-refractivity contribution < 1.29 is 40.7 Å². The third-order valence-electron chi connectivity index (χ3n) is 4.47. The van der Waals surface area contributed by atoms with Gasteiger partial charge in [-0.1, -0.05) is 0 Å². The number of anilines is 3. The van der Waals surface area contributed by atoms with E-state index in [1.807, 2.05) is 0 Å². The van der Waals surface area contributed by atoms with Crippen LogP contribution in [0.3, 0.4) is 0 Å². The third kappa shape index (κ3) is 5.33. The Bertz CT molecular complexity index is 1160. The van der Waals surface area contributed by atoms with Crippen molar-refractivity contribution in [2.45, 2.75) is 17.2 Å². The van der Waals surface area contributed by atoms with Crippen LogP contribution < -0.4 is 16.0 Å². The summed E-state index contributed by atoms with van der Waals surface area (Å²) in [5, 5.41) is 5.31. The van der Waals surface area contributed by atoms with E-state index in [9.17, 15) is 40.7 Å². The molecule has 14 heteroatoms. The number of amides is 3. The van der Waals surface area contributed by atoms with Crippen LogP contribution in [-0.4, -0.2) is 28.5 Å². The SMILES string of the molecule is O=C(Nc1c(F)ccc(NC(=O)C(F)F)c1F)c1cc(NC(=O)C2CC2(Cl)Cl)cc(F)c1F. The van der Waals surface area contributed by atoms with Gasteiger partial charge in [-0.2, -0.15) is 8.78 Å². The average molecular weight is 514 g/mol. The summed E-state index contributed by atoms with van der Waals surface area (Å²) in [6.07, 6.45) is -3.41. The molecular weight excluding hydrogens is 503 g/mol. The number of nitrogens with one attached hydrogen (secondary N) is 3. The molecule has 2 aromatic carbocycles. The van der Waals surface area contributed by atoms with Gasteiger partial charge >= 0.3 is 6.43 Å². The van der Waals surface area contributed by atoms with Crippen molar-refractivity contribution in [2.24, 2.45) is 5.92 Å². The van der Waals surface area contributed by atoms with Gasteiger partial charge in [-0.3, -0.25) is 14.4 Å². The van der Waals surface area contributed by atoms with Crippen LogP contribution in [0.15, 0.2) is 24.3 Å². The van der Waals surface area contributed by atoms with Crippen LogP contribution in [0.25, 0.3) is 0 Å². The van der Waals surface area contributed by atoms with E-state index in [1.54, 1.807) is 5.32 Å². The Labute approximate surface area is 191 Å². The van der Waals surface area contributed by atoms with E-state index < -0.39 is 74.6 Å². The lowest BCUT2D eigenvalue weighted by molar-refractivity contribution is -0.126. The molecule has 33 heavy (non-hydrogen) atoms. The molecule has 0 aliphatic heterocycles. The van der Waals surface area contributed by atoms with Crippen LogP contribution in [0, 0.1) is 29.2 Å². The van der Waals surface area contributed by atoms with Crippen LogP contribution in [-0.2, 0) is 9.59 Å². The molecule has 176 valence electrons. The number of carbonyl (C=O) groups excluding carboxylic acids is 3. The summed E-state index contributed by atoms with van der Waals surface area (Å²) in [7, 11) is 0. The second-order valence-electron chi connectivity index (χ2n) is 6.85. The van der Waals surface area contributed by atoms with Crippen molar-refractivity contribution in [3.63, 3.8) is 0 Å². The monoisotopic (exact) mass is 513 g/mol. The summed E-state index contributed by atoms with van der Waals surface area (Å²) >= 11 is 11.5. The van der Waals surface area contributed by atoms with Gasteiger partial charge in [-0.25, -0.2) is 17.6 Å². The molecule has 2 aromatic rings. The number of carbonyl (C=O) groups is 3. The number of benzene rings is 2. The zero-order valence-electron chi connectivity index (χ0n) is 15.9. The fourth-order valence-electron chi connectivity index (χ4n) is 2.69. The number of hydrogen-bond donors (Lipinski definition) is 3. The normalized spacial score (nSPS) is 16.3.